The van der Waals surface area contributed by atoms with E-state index >= 15 is 0 Å². The molecule has 0 aliphatic rings. The zero-order valence-electron chi connectivity index (χ0n) is 12.0. The van der Waals surface area contributed by atoms with Gasteiger partial charge in [-0.1, -0.05) is 0 Å². The number of carbonyl (C=O) groups is 2. The Kier molecular flexibility index (Phi) is 6.13. The number of carbonyl (C=O) groups excluding carboxylic acids is 2. The van der Waals surface area contributed by atoms with Crippen molar-refractivity contribution < 1.29 is 24.2 Å². The molecule has 0 saturated carbocycles. The second-order valence-corrected chi connectivity index (χ2v) is 6.04. The van der Waals surface area contributed by atoms with Crippen molar-refractivity contribution in [2.75, 3.05) is 28.3 Å². The fraction of sp³-hybridized carbons (Fsp3) is 0.333. The van der Waals surface area contributed by atoms with Gasteiger partial charge in [0.2, 0.25) is 0 Å². The van der Waals surface area contributed by atoms with E-state index in [0.29, 0.717) is 4.46 Å². The van der Waals surface area contributed by atoms with Gasteiger partial charge in [-0.15, -0.1) is 0 Å². The van der Waals surface area contributed by atoms with Crippen molar-refractivity contribution in [3.8, 4) is 5.75 Å². The Morgan fingerprint density at radius 3 is 2.43 bits per heavy atom. The van der Waals surface area contributed by atoms with E-state index in [1.807, 2.05) is 0 Å². The summed E-state index contributed by atoms with van der Waals surface area (Å²) in [6.45, 7) is 0. The molecule has 0 bridgehead atoms. The minimum absolute atomic E-state index is 0.104. The van der Waals surface area contributed by atoms with E-state index in [-0.39, 0.29) is 17.0 Å². The van der Waals surface area contributed by atoms with Gasteiger partial charge < -0.3 is 0 Å². The van der Waals surface area contributed by atoms with Crippen molar-refractivity contribution in [1.29, 1.82) is 0 Å². The van der Waals surface area contributed by atoms with E-state index < -0.39 is 25.8 Å². The monoisotopic (exact) mass is 361 g/mol. The molecule has 0 saturated heterocycles. The van der Waals surface area contributed by atoms with Crippen LogP contribution >= 0.6 is 0 Å². The molecular weight excluding hydrogens is 345 g/mol. The summed E-state index contributed by atoms with van der Waals surface area (Å²) in [6.07, 6.45) is 0. The third-order valence-corrected chi connectivity index (χ3v) is 3.85. The van der Waals surface area contributed by atoms with Crippen LogP contribution in [-0.2, 0) is 9.47 Å². The van der Waals surface area contributed by atoms with Crippen molar-refractivity contribution >= 4 is 35.9 Å². The molecule has 0 heterocycles. The number of hydrogen-bond donors (Lipinski definition) is 1. The van der Waals surface area contributed by atoms with E-state index in [9.17, 15) is 14.7 Å². The number of hydrogen-bond acceptors (Lipinski definition) is 7. The molecule has 1 rings (SSSR count). The van der Waals surface area contributed by atoms with Crippen LogP contribution in [0.3, 0.4) is 0 Å². The second kappa shape index (κ2) is 7.61. The van der Waals surface area contributed by atoms with Crippen molar-refractivity contribution in [1.82, 2.24) is 5.01 Å². The Bertz CT molecular complexity index is 574. The fourth-order valence-electron chi connectivity index (χ4n) is 1.31. The van der Waals surface area contributed by atoms with E-state index in [1.54, 1.807) is 14.1 Å². The van der Waals surface area contributed by atoms with Crippen LogP contribution in [0.1, 0.15) is 10.4 Å². The molecule has 21 heavy (non-hydrogen) atoms. The molecule has 1 aromatic carbocycles. The zero-order valence-corrected chi connectivity index (χ0v) is 13.7. The topological polar surface area (TPSA) is 101 Å². The van der Waals surface area contributed by atoms with Crippen molar-refractivity contribution in [2.24, 2.45) is 10.3 Å². The third kappa shape index (κ3) is 4.73. The normalized spacial score (nSPS) is 10.5. The molecule has 9 heteroatoms. The standard InChI is InChI=1S/C12H15N3O5Se/c1-15(2)14-13-8-5-7(21-12(18)20-4)6-9(16)10(8)11(17)19-3/h5-6,16H,1-4H3. The van der Waals surface area contributed by atoms with Gasteiger partial charge in [0.05, 0.1) is 0 Å². The first-order chi connectivity index (χ1) is 9.88. The molecular formula is C12H15N3O5Se. The molecule has 1 N–H and O–H groups in total. The Morgan fingerprint density at radius 2 is 1.90 bits per heavy atom. The molecule has 0 aliphatic heterocycles. The van der Waals surface area contributed by atoms with Crippen molar-refractivity contribution in [3.63, 3.8) is 0 Å². The van der Waals surface area contributed by atoms with Crippen LogP contribution in [0.15, 0.2) is 22.5 Å². The molecule has 8 nitrogen and oxygen atoms in total. The summed E-state index contributed by atoms with van der Waals surface area (Å²) in [6, 6.07) is 2.81. The molecule has 0 aliphatic carbocycles. The second-order valence-electron chi connectivity index (χ2n) is 3.92. The summed E-state index contributed by atoms with van der Waals surface area (Å²) >= 11 is -0.663. The van der Waals surface area contributed by atoms with Crippen molar-refractivity contribution in [3.05, 3.63) is 17.7 Å². The summed E-state index contributed by atoms with van der Waals surface area (Å²) in [5, 5.41) is 19.1. The fourth-order valence-corrected chi connectivity index (χ4v) is 2.61. The van der Waals surface area contributed by atoms with Crippen LogP contribution in [0.4, 0.5) is 10.5 Å². The minimum atomic E-state index is -0.739. The average molecular weight is 360 g/mol. The number of phenolic OH excluding ortho intramolecular Hbond substituents is 1. The Hall–Kier alpha value is -2.12. The van der Waals surface area contributed by atoms with Crippen LogP contribution in [-0.4, -0.2) is 64.2 Å². The first-order valence-electron chi connectivity index (χ1n) is 5.69. The van der Waals surface area contributed by atoms with E-state index in [2.05, 4.69) is 19.8 Å². The number of phenols is 1. The number of aromatic hydroxyl groups is 1. The average Bonchev–Trinajstić information content (AvgIpc) is 2.43. The van der Waals surface area contributed by atoms with Gasteiger partial charge >= 0.3 is 127 Å². The number of benzene rings is 1. The molecule has 0 aromatic heterocycles. The van der Waals surface area contributed by atoms with Crippen LogP contribution in [0.2, 0.25) is 0 Å². The number of methoxy groups -OCH3 is 2. The summed E-state index contributed by atoms with van der Waals surface area (Å²) in [5.74, 6) is -1.06. The third-order valence-electron chi connectivity index (χ3n) is 2.16. The number of esters is 1. The molecule has 0 amide bonds. The van der Waals surface area contributed by atoms with Crippen LogP contribution < -0.4 is 4.46 Å². The molecule has 1 aromatic rings. The van der Waals surface area contributed by atoms with Gasteiger partial charge in [-0.3, -0.25) is 0 Å². The van der Waals surface area contributed by atoms with E-state index in [4.69, 9.17) is 0 Å². The molecule has 0 unspecified atom stereocenters. The number of nitrogens with zero attached hydrogens (tertiary/aromatic N) is 3. The zero-order chi connectivity index (χ0) is 16.0. The van der Waals surface area contributed by atoms with Gasteiger partial charge in [0, 0.05) is 0 Å². The van der Waals surface area contributed by atoms with Gasteiger partial charge in [-0.25, -0.2) is 0 Å². The van der Waals surface area contributed by atoms with Crippen LogP contribution in [0.5, 0.6) is 5.75 Å². The van der Waals surface area contributed by atoms with Gasteiger partial charge in [0.25, 0.3) is 0 Å². The predicted octanol–water partition coefficient (Wildman–Crippen LogP) is 0.835. The Labute approximate surface area is 127 Å². The first-order valence-corrected chi connectivity index (χ1v) is 7.40. The molecule has 0 fully saturated rings. The Morgan fingerprint density at radius 1 is 1.24 bits per heavy atom. The van der Waals surface area contributed by atoms with Crippen LogP contribution in [0, 0.1) is 0 Å². The molecule has 114 valence electrons. The van der Waals surface area contributed by atoms with E-state index in [0.717, 1.165) is 0 Å². The van der Waals surface area contributed by atoms with Crippen molar-refractivity contribution in [2.45, 2.75) is 0 Å². The molecule has 0 atom stereocenters. The quantitative estimate of drug-likeness (QED) is 0.361. The summed E-state index contributed by atoms with van der Waals surface area (Å²) < 4.78 is 9.70. The van der Waals surface area contributed by atoms with E-state index in [1.165, 1.54) is 31.4 Å². The number of rotatable bonds is 5. The number of ether oxygens (including phenoxy) is 2. The van der Waals surface area contributed by atoms with Crippen LogP contribution in [0.25, 0.3) is 0 Å². The summed E-state index contributed by atoms with van der Waals surface area (Å²) in [4.78, 5) is 22.6. The van der Waals surface area contributed by atoms with Gasteiger partial charge in [0.1, 0.15) is 0 Å². The Balaban J connectivity index is 3.31. The maximum absolute atomic E-state index is 11.7. The van der Waals surface area contributed by atoms with Gasteiger partial charge in [-0.05, 0) is 0 Å². The SMILES string of the molecule is COC(=O)[Se]c1cc(O)c(C(=O)OC)c(N=NN(C)C)c1. The van der Waals surface area contributed by atoms with Gasteiger partial charge in [-0.2, -0.15) is 0 Å². The predicted molar refractivity (Wildman–Crippen MR) is 75.4 cm³/mol. The first kappa shape index (κ1) is 16.9. The summed E-state index contributed by atoms with van der Waals surface area (Å²) in [7, 11) is 5.78. The molecule has 0 radical (unpaired) electrons. The summed E-state index contributed by atoms with van der Waals surface area (Å²) in [5.41, 5.74) is 0.0174. The van der Waals surface area contributed by atoms with Gasteiger partial charge in [0.15, 0.2) is 0 Å². The molecule has 0 spiro atoms. The maximum atomic E-state index is 11.7.